The van der Waals surface area contributed by atoms with E-state index in [1.54, 1.807) is 0 Å². The van der Waals surface area contributed by atoms with Crippen molar-refractivity contribution in [2.75, 3.05) is 13.2 Å². The van der Waals surface area contributed by atoms with Gasteiger partial charge in [-0.3, -0.25) is 9.11 Å². The number of rotatable bonds is 24. The summed E-state index contributed by atoms with van der Waals surface area (Å²) in [7, 11) is -8.47. The third-order valence-corrected chi connectivity index (χ3v) is 6.36. The first-order valence-corrected chi connectivity index (χ1v) is 16.1. The molecule has 0 rings (SSSR count). The molecule has 0 unspecified atom stereocenters. The fourth-order valence-corrected chi connectivity index (χ4v) is 4.25. The molecule has 2 N–H and O–H groups in total. The second-order valence-electron chi connectivity index (χ2n) is 8.86. The molecule has 214 valence electrons. The zero-order chi connectivity index (χ0) is 26.0. The molecule has 0 fully saturated rings. The van der Waals surface area contributed by atoms with Crippen molar-refractivity contribution >= 4 is 73.4 Å². The fourth-order valence-electron chi connectivity index (χ4n) is 3.53. The van der Waals surface area contributed by atoms with Crippen molar-refractivity contribution in [3.63, 3.8) is 0 Å². The van der Waals surface area contributed by atoms with Gasteiger partial charge in [0.05, 0.1) is 13.2 Å². The van der Waals surface area contributed by atoms with E-state index >= 15 is 0 Å². The second kappa shape index (κ2) is 32.7. The summed E-state index contributed by atoms with van der Waals surface area (Å²) in [5.41, 5.74) is 0. The van der Waals surface area contributed by atoms with Crippen LogP contribution in [0.3, 0.4) is 0 Å². The number of hydrogen-bond donors (Lipinski definition) is 2. The summed E-state index contributed by atoms with van der Waals surface area (Å²) in [5.74, 6) is 0. The molecule has 0 spiro atoms. The quantitative estimate of drug-likeness (QED) is 0.0819. The van der Waals surface area contributed by atoms with E-state index in [0.29, 0.717) is 0 Å². The Morgan fingerprint density at radius 1 is 0.472 bits per heavy atom. The van der Waals surface area contributed by atoms with Gasteiger partial charge in [-0.1, -0.05) is 129 Å². The molecule has 0 radical (unpaired) electrons. The molecule has 0 heterocycles. The second-order valence-corrected chi connectivity index (χ2v) is 11.0. The van der Waals surface area contributed by atoms with E-state index in [2.05, 4.69) is 13.8 Å². The van der Waals surface area contributed by atoms with Crippen LogP contribution in [0.5, 0.6) is 0 Å². The first-order chi connectivity index (χ1) is 16.1. The van der Waals surface area contributed by atoms with Crippen LogP contribution in [0.1, 0.15) is 142 Å². The SMILES string of the molecule is CCCCCCCCCCCCOS(=O)(=O)OCCCCCCCCCCCC.O=S(=O)(O)O.[MgH2].[NaH]. The van der Waals surface area contributed by atoms with Crippen LogP contribution in [0.2, 0.25) is 0 Å². The van der Waals surface area contributed by atoms with Gasteiger partial charge in [-0.05, 0) is 12.8 Å². The van der Waals surface area contributed by atoms with Crippen molar-refractivity contribution in [3.05, 3.63) is 0 Å². The third-order valence-electron chi connectivity index (χ3n) is 5.45. The molecule has 0 amide bonds. The molecule has 0 bridgehead atoms. The number of unbranched alkanes of at least 4 members (excludes halogenated alkanes) is 18. The van der Waals surface area contributed by atoms with Crippen molar-refractivity contribution in [2.45, 2.75) is 142 Å². The summed E-state index contributed by atoms with van der Waals surface area (Å²) in [4.78, 5) is 0. The first kappa shape index (κ1) is 44.5. The molecular weight excluding hydrogens is 528 g/mol. The summed E-state index contributed by atoms with van der Waals surface area (Å²) >= 11 is 0. The Morgan fingerprint density at radius 2 is 0.667 bits per heavy atom. The maximum atomic E-state index is 11.7. The van der Waals surface area contributed by atoms with E-state index in [0.717, 1.165) is 38.5 Å². The zero-order valence-corrected chi connectivity index (χ0v) is 23.3. The first-order valence-electron chi connectivity index (χ1n) is 13.4. The van der Waals surface area contributed by atoms with Gasteiger partial charge in [0.15, 0.2) is 0 Å². The third kappa shape index (κ3) is 48.6. The minimum atomic E-state index is -4.67. The molecule has 0 aromatic carbocycles. The van der Waals surface area contributed by atoms with Crippen molar-refractivity contribution in [3.8, 4) is 0 Å². The van der Waals surface area contributed by atoms with Crippen molar-refractivity contribution in [1.82, 2.24) is 0 Å². The fraction of sp³-hybridized carbons (Fsp3) is 1.00. The standard InChI is InChI=1S/C24H50O4S.Mg.Na.H2O4S.3H/c1-3-5-7-9-11-13-15-17-19-21-23-27-29(25,26)28-24-22-20-18-16-14-12-10-8-6-4-2;;;1-5(2,3)4;;;/h3-24H2,1-2H3;;;(H2,1,2,3,4);;;. The molecular formula is C24H55MgNaO8S2. The van der Waals surface area contributed by atoms with Crippen LogP contribution < -0.4 is 0 Å². The van der Waals surface area contributed by atoms with Gasteiger partial charge < -0.3 is 0 Å². The Hall–Kier alpha value is 1.51. The van der Waals surface area contributed by atoms with Crippen LogP contribution in [-0.2, 0) is 29.2 Å². The molecule has 0 aliphatic heterocycles. The van der Waals surface area contributed by atoms with E-state index < -0.39 is 20.8 Å². The Morgan fingerprint density at radius 3 is 0.889 bits per heavy atom. The van der Waals surface area contributed by atoms with E-state index in [1.807, 2.05) is 0 Å². The van der Waals surface area contributed by atoms with E-state index in [4.69, 9.17) is 25.9 Å². The Kier molecular flexibility index (Phi) is 40.5. The topological polar surface area (TPSA) is 127 Å². The van der Waals surface area contributed by atoms with Crippen molar-refractivity contribution < 1.29 is 34.3 Å². The molecule has 36 heavy (non-hydrogen) atoms. The average molecular weight is 583 g/mol. The molecule has 8 nitrogen and oxygen atoms in total. The van der Waals surface area contributed by atoms with Crippen LogP contribution in [0.15, 0.2) is 0 Å². The Labute approximate surface area is 261 Å². The molecule has 0 aromatic heterocycles. The van der Waals surface area contributed by atoms with E-state index in [9.17, 15) is 8.42 Å². The summed E-state index contributed by atoms with van der Waals surface area (Å²) < 4.78 is 64.9. The average Bonchev–Trinajstić information content (AvgIpc) is 2.74. The molecule has 0 aromatic rings. The molecule has 0 aliphatic carbocycles. The van der Waals surface area contributed by atoms with Crippen molar-refractivity contribution in [1.29, 1.82) is 0 Å². The Bertz CT molecular complexity index is 580. The predicted octanol–water partition coefficient (Wildman–Crippen LogP) is 5.89. The van der Waals surface area contributed by atoms with Gasteiger partial charge in [-0.15, -0.1) is 0 Å². The van der Waals surface area contributed by atoms with Gasteiger partial charge in [0, 0.05) is 0 Å². The summed E-state index contributed by atoms with van der Waals surface area (Å²) in [6.07, 6.45) is 24.4. The molecule has 0 aliphatic rings. The molecule has 12 heteroatoms. The number of hydrogen-bond acceptors (Lipinski definition) is 6. The van der Waals surface area contributed by atoms with Gasteiger partial charge in [0.25, 0.3) is 0 Å². The predicted molar refractivity (Wildman–Crippen MR) is 154 cm³/mol. The zero-order valence-electron chi connectivity index (χ0n) is 21.7. The normalized spacial score (nSPS) is 11.2. The van der Waals surface area contributed by atoms with Crippen LogP contribution in [-0.4, -0.2) is 91.8 Å². The molecule has 0 saturated carbocycles. The molecule has 0 saturated heterocycles. The van der Waals surface area contributed by atoms with Gasteiger partial charge in [-0.2, -0.15) is 16.8 Å². The minimum absolute atomic E-state index is 0. The van der Waals surface area contributed by atoms with Crippen LogP contribution in [0.25, 0.3) is 0 Å². The molecule has 0 atom stereocenters. The van der Waals surface area contributed by atoms with Crippen molar-refractivity contribution in [2.24, 2.45) is 0 Å². The van der Waals surface area contributed by atoms with Crippen LogP contribution in [0.4, 0.5) is 0 Å². The van der Waals surface area contributed by atoms with Gasteiger partial charge >= 0.3 is 73.4 Å². The van der Waals surface area contributed by atoms with E-state index in [-0.39, 0.29) is 65.8 Å². The van der Waals surface area contributed by atoms with E-state index in [1.165, 1.54) is 89.9 Å². The van der Waals surface area contributed by atoms with Crippen LogP contribution in [0, 0.1) is 0 Å². The maximum absolute atomic E-state index is 11.7. The van der Waals surface area contributed by atoms with Crippen LogP contribution >= 0.6 is 0 Å². The summed E-state index contributed by atoms with van der Waals surface area (Å²) in [5, 5.41) is 0. The summed E-state index contributed by atoms with van der Waals surface area (Å²) in [6, 6.07) is 0. The Balaban J connectivity index is -0.000000661. The monoisotopic (exact) mass is 582 g/mol. The van der Waals surface area contributed by atoms with Gasteiger partial charge in [0.2, 0.25) is 0 Å². The van der Waals surface area contributed by atoms with Gasteiger partial charge in [0.1, 0.15) is 0 Å². The van der Waals surface area contributed by atoms with Gasteiger partial charge in [-0.25, -0.2) is 8.37 Å². The summed E-state index contributed by atoms with van der Waals surface area (Å²) in [6.45, 7) is 4.98.